The monoisotopic (exact) mass is 328 g/mol. The topological polar surface area (TPSA) is 76.0 Å². The Labute approximate surface area is 142 Å². The molecule has 6 heteroatoms. The van der Waals surface area contributed by atoms with Gasteiger partial charge in [-0.1, -0.05) is 44.2 Å². The molecule has 0 bridgehead atoms. The molecule has 0 unspecified atom stereocenters. The van der Waals surface area contributed by atoms with Crippen molar-refractivity contribution in [3.05, 3.63) is 47.8 Å². The van der Waals surface area contributed by atoms with Crippen LogP contribution in [0.1, 0.15) is 36.3 Å². The van der Waals surface area contributed by atoms with E-state index in [1.165, 1.54) is 10.9 Å². The zero-order chi connectivity index (χ0) is 17.5. The lowest BCUT2D eigenvalue weighted by Gasteiger charge is -2.10. The van der Waals surface area contributed by atoms with Crippen LogP contribution in [-0.4, -0.2) is 28.1 Å². The molecular weight excluding hydrogens is 304 g/mol. The zero-order valence-corrected chi connectivity index (χ0v) is 14.4. The zero-order valence-electron chi connectivity index (χ0n) is 14.4. The number of anilines is 1. The van der Waals surface area contributed by atoms with E-state index in [9.17, 15) is 9.59 Å². The summed E-state index contributed by atoms with van der Waals surface area (Å²) in [5.74, 6) is -0.0158. The Hall–Kier alpha value is -2.63. The summed E-state index contributed by atoms with van der Waals surface area (Å²) in [6.45, 7) is 4.62. The normalized spacial score (nSPS) is 10.7. The van der Waals surface area contributed by atoms with E-state index < -0.39 is 0 Å². The van der Waals surface area contributed by atoms with Gasteiger partial charge < -0.3 is 10.6 Å². The minimum absolute atomic E-state index is 0.134. The highest BCUT2D eigenvalue weighted by Crippen LogP contribution is 2.15. The molecule has 0 saturated carbocycles. The largest absolute Gasteiger partial charge is 0.350 e. The highest BCUT2D eigenvalue weighted by Gasteiger charge is 2.18. The summed E-state index contributed by atoms with van der Waals surface area (Å²) in [6, 6.07) is 9.82. The SMILES string of the molecule is CC(C)CNC(=O)c1c(NC(=O)CCc2ccccc2)cnn1C. The number of aryl methyl sites for hydroxylation is 2. The number of rotatable bonds is 7. The smallest absolute Gasteiger partial charge is 0.271 e. The fourth-order valence-corrected chi connectivity index (χ4v) is 2.29. The molecule has 0 fully saturated rings. The number of benzene rings is 1. The highest BCUT2D eigenvalue weighted by molar-refractivity contribution is 6.02. The standard InChI is InChI=1S/C18H24N4O2/c1-13(2)11-19-18(24)17-15(12-20-22(17)3)21-16(23)10-9-14-7-5-4-6-8-14/h4-8,12-13H,9-11H2,1-3H3,(H,19,24)(H,21,23). The van der Waals surface area contributed by atoms with Gasteiger partial charge in [0.05, 0.1) is 11.9 Å². The molecule has 0 aliphatic carbocycles. The van der Waals surface area contributed by atoms with Gasteiger partial charge in [0, 0.05) is 20.0 Å². The summed E-state index contributed by atoms with van der Waals surface area (Å²) < 4.78 is 1.47. The molecule has 0 aliphatic rings. The van der Waals surface area contributed by atoms with Crippen molar-refractivity contribution < 1.29 is 9.59 Å². The first-order valence-corrected chi connectivity index (χ1v) is 8.11. The molecule has 2 N–H and O–H groups in total. The van der Waals surface area contributed by atoms with Crippen LogP contribution in [0.3, 0.4) is 0 Å². The van der Waals surface area contributed by atoms with Crippen LogP contribution < -0.4 is 10.6 Å². The van der Waals surface area contributed by atoms with Crippen molar-refractivity contribution in [2.24, 2.45) is 13.0 Å². The molecule has 0 atom stereocenters. The first-order chi connectivity index (χ1) is 11.5. The predicted molar refractivity (Wildman–Crippen MR) is 93.8 cm³/mol. The van der Waals surface area contributed by atoms with Gasteiger partial charge in [-0.2, -0.15) is 5.10 Å². The van der Waals surface area contributed by atoms with Gasteiger partial charge in [0.15, 0.2) is 0 Å². The minimum atomic E-state index is -0.234. The molecule has 1 aromatic heterocycles. The van der Waals surface area contributed by atoms with E-state index >= 15 is 0 Å². The van der Waals surface area contributed by atoms with Crippen LogP contribution in [0.15, 0.2) is 36.5 Å². The van der Waals surface area contributed by atoms with Crippen LogP contribution in [0, 0.1) is 5.92 Å². The number of hydrogen-bond donors (Lipinski definition) is 2. The van der Waals surface area contributed by atoms with Crippen LogP contribution >= 0.6 is 0 Å². The Balaban J connectivity index is 1.97. The number of carbonyl (C=O) groups excluding carboxylic acids is 2. The van der Waals surface area contributed by atoms with Gasteiger partial charge in [-0.15, -0.1) is 0 Å². The minimum Gasteiger partial charge on any atom is -0.350 e. The van der Waals surface area contributed by atoms with Crippen LogP contribution in [-0.2, 0) is 18.3 Å². The van der Waals surface area contributed by atoms with Crippen LogP contribution in [0.25, 0.3) is 0 Å². The Bertz CT molecular complexity index is 692. The van der Waals surface area contributed by atoms with Crippen molar-refractivity contribution in [2.75, 3.05) is 11.9 Å². The predicted octanol–water partition coefficient (Wildman–Crippen LogP) is 2.38. The van der Waals surface area contributed by atoms with Gasteiger partial charge in [0.1, 0.15) is 5.69 Å². The second kappa shape index (κ2) is 8.29. The van der Waals surface area contributed by atoms with E-state index in [2.05, 4.69) is 15.7 Å². The average molecular weight is 328 g/mol. The van der Waals surface area contributed by atoms with E-state index in [-0.39, 0.29) is 11.8 Å². The van der Waals surface area contributed by atoms with Gasteiger partial charge >= 0.3 is 0 Å². The molecule has 1 aromatic carbocycles. The van der Waals surface area contributed by atoms with Crippen LogP contribution in [0.4, 0.5) is 5.69 Å². The molecule has 2 rings (SSSR count). The first-order valence-electron chi connectivity index (χ1n) is 8.11. The summed E-state index contributed by atoms with van der Waals surface area (Å²) in [5, 5.41) is 9.71. The lowest BCUT2D eigenvalue weighted by atomic mass is 10.1. The third-order valence-electron chi connectivity index (χ3n) is 3.58. The Morgan fingerprint density at radius 2 is 1.92 bits per heavy atom. The maximum atomic E-state index is 12.3. The Morgan fingerprint density at radius 1 is 1.21 bits per heavy atom. The number of hydrogen-bond acceptors (Lipinski definition) is 3. The molecular formula is C18H24N4O2. The molecule has 0 aliphatic heterocycles. The highest BCUT2D eigenvalue weighted by atomic mass is 16.2. The maximum absolute atomic E-state index is 12.3. The summed E-state index contributed by atoms with van der Waals surface area (Å²) in [6.07, 6.45) is 2.51. The van der Waals surface area contributed by atoms with Crippen molar-refractivity contribution in [3.8, 4) is 0 Å². The average Bonchev–Trinajstić information content (AvgIpc) is 2.92. The molecule has 24 heavy (non-hydrogen) atoms. The van der Waals surface area contributed by atoms with Crippen LogP contribution in [0.5, 0.6) is 0 Å². The number of carbonyl (C=O) groups is 2. The Morgan fingerprint density at radius 3 is 2.58 bits per heavy atom. The van der Waals surface area contributed by atoms with E-state index in [1.54, 1.807) is 7.05 Å². The van der Waals surface area contributed by atoms with Crippen molar-refractivity contribution in [1.29, 1.82) is 0 Å². The van der Waals surface area contributed by atoms with Crippen molar-refractivity contribution in [1.82, 2.24) is 15.1 Å². The number of nitrogens with one attached hydrogen (secondary N) is 2. The number of nitrogens with zero attached hydrogens (tertiary/aromatic N) is 2. The van der Waals surface area contributed by atoms with Gasteiger partial charge in [0.25, 0.3) is 5.91 Å². The summed E-state index contributed by atoms with van der Waals surface area (Å²) in [7, 11) is 1.68. The van der Waals surface area contributed by atoms with E-state index in [4.69, 9.17) is 0 Å². The quantitative estimate of drug-likeness (QED) is 0.819. The van der Waals surface area contributed by atoms with Crippen molar-refractivity contribution in [3.63, 3.8) is 0 Å². The van der Waals surface area contributed by atoms with E-state index in [0.717, 1.165) is 5.56 Å². The lowest BCUT2D eigenvalue weighted by Crippen LogP contribution is -2.30. The Kier molecular flexibility index (Phi) is 6.12. The fourth-order valence-electron chi connectivity index (χ4n) is 2.29. The molecule has 1 heterocycles. The molecule has 6 nitrogen and oxygen atoms in total. The molecule has 0 saturated heterocycles. The summed E-state index contributed by atoms with van der Waals surface area (Å²) >= 11 is 0. The molecule has 0 spiro atoms. The molecule has 0 radical (unpaired) electrons. The van der Waals surface area contributed by atoms with Gasteiger partial charge in [-0.25, -0.2) is 0 Å². The molecule has 128 valence electrons. The van der Waals surface area contributed by atoms with Crippen molar-refractivity contribution in [2.45, 2.75) is 26.7 Å². The number of aromatic nitrogens is 2. The molecule has 2 aromatic rings. The molecule has 2 amide bonds. The van der Waals surface area contributed by atoms with Gasteiger partial charge in [-0.05, 0) is 17.9 Å². The first kappa shape index (κ1) is 17.7. The second-order valence-electron chi connectivity index (χ2n) is 6.17. The second-order valence-corrected chi connectivity index (χ2v) is 6.17. The van der Waals surface area contributed by atoms with E-state index in [0.29, 0.717) is 36.7 Å². The summed E-state index contributed by atoms with van der Waals surface area (Å²) in [4.78, 5) is 24.4. The number of amides is 2. The van der Waals surface area contributed by atoms with Crippen LogP contribution in [0.2, 0.25) is 0 Å². The van der Waals surface area contributed by atoms with E-state index in [1.807, 2.05) is 44.2 Å². The fraction of sp³-hybridized carbons (Fsp3) is 0.389. The third kappa shape index (κ3) is 4.94. The van der Waals surface area contributed by atoms with Gasteiger partial charge in [0.2, 0.25) is 5.91 Å². The van der Waals surface area contributed by atoms with Crippen molar-refractivity contribution >= 4 is 17.5 Å². The third-order valence-corrected chi connectivity index (χ3v) is 3.58. The van der Waals surface area contributed by atoms with Gasteiger partial charge in [-0.3, -0.25) is 14.3 Å². The summed E-state index contributed by atoms with van der Waals surface area (Å²) in [5.41, 5.74) is 1.91. The maximum Gasteiger partial charge on any atom is 0.271 e. The lowest BCUT2D eigenvalue weighted by molar-refractivity contribution is -0.116.